The predicted octanol–water partition coefficient (Wildman–Crippen LogP) is 4.89. The first-order valence-electron chi connectivity index (χ1n) is 8.57. The van der Waals surface area contributed by atoms with Crippen molar-refractivity contribution in [3.05, 3.63) is 65.2 Å². The molecule has 24 heavy (non-hydrogen) atoms. The Bertz CT molecular complexity index is 665. The van der Waals surface area contributed by atoms with Gasteiger partial charge in [-0.05, 0) is 68.4 Å². The van der Waals surface area contributed by atoms with Gasteiger partial charge in [-0.3, -0.25) is 0 Å². The van der Waals surface area contributed by atoms with E-state index < -0.39 is 0 Å². The van der Waals surface area contributed by atoms with Crippen LogP contribution in [0.5, 0.6) is 5.75 Å². The summed E-state index contributed by atoms with van der Waals surface area (Å²) in [7, 11) is 1.61. The molecular weight excluding hydrogens is 300 g/mol. The molecule has 1 aliphatic rings. The summed E-state index contributed by atoms with van der Waals surface area (Å²) < 4.78 is 10.8. The first kappa shape index (κ1) is 16.6. The highest BCUT2D eigenvalue weighted by Crippen LogP contribution is 2.34. The van der Waals surface area contributed by atoms with Crippen molar-refractivity contribution in [2.45, 2.75) is 44.6 Å². The number of methoxy groups -OCH3 is 1. The van der Waals surface area contributed by atoms with Crippen molar-refractivity contribution >= 4 is 5.97 Å². The van der Waals surface area contributed by atoms with E-state index in [0.29, 0.717) is 11.5 Å². The van der Waals surface area contributed by atoms with Crippen LogP contribution in [-0.2, 0) is 4.74 Å². The van der Waals surface area contributed by atoms with Gasteiger partial charge in [-0.15, -0.1) is 0 Å². The van der Waals surface area contributed by atoms with E-state index in [1.807, 2.05) is 0 Å². The first-order valence-corrected chi connectivity index (χ1v) is 8.57. The molecule has 2 aromatic rings. The Morgan fingerprint density at radius 3 is 2.12 bits per heavy atom. The van der Waals surface area contributed by atoms with Gasteiger partial charge in [0, 0.05) is 0 Å². The first-order chi connectivity index (χ1) is 11.7. The monoisotopic (exact) mass is 324 g/mol. The second-order valence-corrected chi connectivity index (χ2v) is 6.52. The van der Waals surface area contributed by atoms with Gasteiger partial charge in [-0.1, -0.05) is 29.8 Å². The fraction of sp³-hybridized carbons (Fsp3) is 0.381. The molecule has 3 nitrogen and oxygen atoms in total. The topological polar surface area (TPSA) is 35.5 Å². The number of hydrogen-bond acceptors (Lipinski definition) is 3. The maximum absolute atomic E-state index is 12.2. The highest BCUT2D eigenvalue weighted by Gasteiger charge is 2.25. The minimum atomic E-state index is -0.239. The Kier molecular flexibility index (Phi) is 5.19. The molecule has 0 bridgehead atoms. The third kappa shape index (κ3) is 3.97. The van der Waals surface area contributed by atoms with E-state index in [-0.39, 0.29) is 12.1 Å². The van der Waals surface area contributed by atoms with E-state index in [2.05, 4.69) is 31.2 Å². The molecule has 3 heteroatoms. The molecule has 3 rings (SSSR count). The Morgan fingerprint density at radius 2 is 1.54 bits per heavy atom. The largest absolute Gasteiger partial charge is 0.497 e. The van der Waals surface area contributed by atoms with Gasteiger partial charge < -0.3 is 9.47 Å². The van der Waals surface area contributed by atoms with Crippen molar-refractivity contribution in [2.75, 3.05) is 7.11 Å². The van der Waals surface area contributed by atoms with Crippen LogP contribution >= 0.6 is 0 Å². The van der Waals surface area contributed by atoms with Crippen molar-refractivity contribution in [2.24, 2.45) is 0 Å². The minimum absolute atomic E-state index is 0.0290. The third-order valence-corrected chi connectivity index (χ3v) is 4.82. The second-order valence-electron chi connectivity index (χ2n) is 6.52. The molecule has 1 fully saturated rings. The number of rotatable bonds is 4. The summed E-state index contributed by atoms with van der Waals surface area (Å²) in [4.78, 5) is 12.2. The lowest BCUT2D eigenvalue weighted by Crippen LogP contribution is -2.24. The summed E-state index contributed by atoms with van der Waals surface area (Å²) in [5.41, 5.74) is 3.28. The van der Waals surface area contributed by atoms with Crippen molar-refractivity contribution in [3.8, 4) is 5.75 Å². The number of carbonyl (C=O) groups is 1. The zero-order valence-corrected chi connectivity index (χ0v) is 14.3. The summed E-state index contributed by atoms with van der Waals surface area (Å²) in [5, 5.41) is 0. The maximum atomic E-state index is 12.2. The van der Waals surface area contributed by atoms with Crippen LogP contribution in [0, 0.1) is 6.92 Å². The van der Waals surface area contributed by atoms with Crippen LogP contribution < -0.4 is 4.74 Å². The van der Waals surface area contributed by atoms with Crippen LogP contribution in [0.2, 0.25) is 0 Å². The molecule has 1 saturated carbocycles. The molecule has 0 unspecified atom stereocenters. The highest BCUT2D eigenvalue weighted by molar-refractivity contribution is 5.89. The summed E-state index contributed by atoms with van der Waals surface area (Å²) in [6, 6.07) is 15.9. The molecule has 0 N–H and O–H groups in total. The average Bonchev–Trinajstić information content (AvgIpc) is 2.63. The Morgan fingerprint density at radius 1 is 0.917 bits per heavy atom. The van der Waals surface area contributed by atoms with E-state index in [1.165, 1.54) is 11.1 Å². The van der Waals surface area contributed by atoms with Crippen molar-refractivity contribution < 1.29 is 14.3 Å². The Balaban J connectivity index is 1.52. The molecule has 1 aliphatic carbocycles. The maximum Gasteiger partial charge on any atom is 0.338 e. The van der Waals surface area contributed by atoms with Crippen LogP contribution in [0.3, 0.4) is 0 Å². The number of ether oxygens (including phenoxy) is 2. The molecular formula is C21H24O3. The van der Waals surface area contributed by atoms with E-state index in [9.17, 15) is 4.79 Å². The lowest BCUT2D eigenvalue weighted by atomic mass is 9.82. The van der Waals surface area contributed by atoms with Gasteiger partial charge in [0.2, 0.25) is 0 Å². The number of benzene rings is 2. The molecule has 0 aliphatic heterocycles. The van der Waals surface area contributed by atoms with Gasteiger partial charge in [-0.25, -0.2) is 4.79 Å². The summed E-state index contributed by atoms with van der Waals surface area (Å²) in [6.45, 7) is 2.11. The van der Waals surface area contributed by atoms with Gasteiger partial charge in [0.1, 0.15) is 11.9 Å². The van der Waals surface area contributed by atoms with E-state index >= 15 is 0 Å². The zero-order valence-electron chi connectivity index (χ0n) is 14.3. The fourth-order valence-electron chi connectivity index (χ4n) is 3.30. The van der Waals surface area contributed by atoms with Crippen molar-refractivity contribution in [1.29, 1.82) is 0 Å². The van der Waals surface area contributed by atoms with Crippen LogP contribution in [0.4, 0.5) is 0 Å². The standard InChI is InChI=1S/C21H24O3/c1-15-3-5-16(6-4-15)17-7-13-20(14-8-17)24-21(22)18-9-11-19(23-2)12-10-18/h3-6,9-12,17,20H,7-8,13-14H2,1-2H3. The molecule has 0 atom stereocenters. The zero-order chi connectivity index (χ0) is 16.9. The van der Waals surface area contributed by atoms with Gasteiger partial charge in [0.15, 0.2) is 0 Å². The lowest BCUT2D eigenvalue weighted by Gasteiger charge is -2.28. The second kappa shape index (κ2) is 7.52. The van der Waals surface area contributed by atoms with Gasteiger partial charge in [0.25, 0.3) is 0 Å². The molecule has 0 spiro atoms. The molecule has 0 aromatic heterocycles. The number of hydrogen-bond donors (Lipinski definition) is 0. The summed E-state index contributed by atoms with van der Waals surface area (Å²) >= 11 is 0. The normalized spacial score (nSPS) is 20.4. The van der Waals surface area contributed by atoms with E-state index in [0.717, 1.165) is 31.4 Å². The predicted molar refractivity (Wildman–Crippen MR) is 94.6 cm³/mol. The average molecular weight is 324 g/mol. The number of esters is 1. The summed E-state index contributed by atoms with van der Waals surface area (Å²) in [6.07, 6.45) is 4.04. The van der Waals surface area contributed by atoms with Crippen LogP contribution in [0.1, 0.15) is 53.1 Å². The molecule has 0 saturated heterocycles. The van der Waals surface area contributed by atoms with Gasteiger partial charge in [-0.2, -0.15) is 0 Å². The van der Waals surface area contributed by atoms with E-state index in [4.69, 9.17) is 9.47 Å². The van der Waals surface area contributed by atoms with Crippen molar-refractivity contribution in [1.82, 2.24) is 0 Å². The summed E-state index contributed by atoms with van der Waals surface area (Å²) in [5.74, 6) is 1.09. The van der Waals surface area contributed by atoms with Crippen molar-refractivity contribution in [3.63, 3.8) is 0 Å². The molecule has 2 aromatic carbocycles. The quantitative estimate of drug-likeness (QED) is 0.751. The Hall–Kier alpha value is -2.29. The van der Waals surface area contributed by atoms with Crippen LogP contribution in [0.15, 0.2) is 48.5 Å². The van der Waals surface area contributed by atoms with Gasteiger partial charge >= 0.3 is 5.97 Å². The number of carbonyl (C=O) groups excluding carboxylic acids is 1. The molecule has 126 valence electrons. The minimum Gasteiger partial charge on any atom is -0.497 e. The smallest absolute Gasteiger partial charge is 0.338 e. The lowest BCUT2D eigenvalue weighted by molar-refractivity contribution is 0.0195. The fourth-order valence-corrected chi connectivity index (χ4v) is 3.30. The SMILES string of the molecule is COc1ccc(C(=O)OC2CCC(c3ccc(C)cc3)CC2)cc1. The number of aryl methyl sites for hydroxylation is 1. The van der Waals surface area contributed by atoms with E-state index in [1.54, 1.807) is 31.4 Å². The van der Waals surface area contributed by atoms with Crippen LogP contribution in [0.25, 0.3) is 0 Å². The highest BCUT2D eigenvalue weighted by atomic mass is 16.5. The third-order valence-electron chi connectivity index (χ3n) is 4.82. The Labute approximate surface area is 143 Å². The molecule has 0 radical (unpaired) electrons. The van der Waals surface area contributed by atoms with Gasteiger partial charge in [0.05, 0.1) is 12.7 Å². The van der Waals surface area contributed by atoms with Crippen LogP contribution in [-0.4, -0.2) is 19.2 Å². The molecule has 0 heterocycles. The molecule has 0 amide bonds.